The molecular formula is C32H45N3O4. The number of hydrogen-bond acceptors (Lipinski definition) is 5. The maximum Gasteiger partial charge on any atom is 0.228 e. The number of nitrogens with one attached hydrogen (secondary N) is 1. The van der Waals surface area contributed by atoms with E-state index in [1.54, 1.807) is 4.90 Å². The quantitative estimate of drug-likeness (QED) is 0.493. The Hall–Kier alpha value is -2.90. The van der Waals surface area contributed by atoms with E-state index in [0.29, 0.717) is 18.0 Å². The summed E-state index contributed by atoms with van der Waals surface area (Å²) in [5, 5.41) is 12.9. The third-order valence-corrected chi connectivity index (χ3v) is 8.19. The van der Waals surface area contributed by atoms with Gasteiger partial charge in [0.1, 0.15) is 11.9 Å². The molecule has 39 heavy (non-hydrogen) atoms. The van der Waals surface area contributed by atoms with E-state index in [4.69, 9.17) is 4.74 Å². The van der Waals surface area contributed by atoms with Crippen molar-refractivity contribution < 1.29 is 19.4 Å². The minimum atomic E-state index is -0.282. The second-order valence-corrected chi connectivity index (χ2v) is 11.6. The molecule has 0 radical (unpaired) electrons. The SMILES string of the molecule is C[C@H]1CN([C@@H](C)CO)C(=O)Cc2cc(NC(=O)Cc3ccccc3)ccc2O[C@@H]1CN(C)CC1CCCCC1. The Morgan fingerprint density at radius 3 is 2.59 bits per heavy atom. The fourth-order valence-corrected chi connectivity index (χ4v) is 5.90. The fourth-order valence-electron chi connectivity index (χ4n) is 5.90. The van der Waals surface area contributed by atoms with Crippen LogP contribution in [0.5, 0.6) is 5.75 Å². The van der Waals surface area contributed by atoms with Gasteiger partial charge in [-0.2, -0.15) is 0 Å². The second kappa shape index (κ2) is 13.9. The first-order valence-corrected chi connectivity index (χ1v) is 14.5. The normalized spacial score (nSPS) is 21.4. The van der Waals surface area contributed by atoms with Gasteiger partial charge in [-0.15, -0.1) is 0 Å². The van der Waals surface area contributed by atoms with Gasteiger partial charge in [0, 0.05) is 36.8 Å². The second-order valence-electron chi connectivity index (χ2n) is 11.6. The molecule has 0 bridgehead atoms. The van der Waals surface area contributed by atoms with Crippen LogP contribution < -0.4 is 10.1 Å². The lowest BCUT2D eigenvalue weighted by atomic mass is 9.89. The molecule has 1 saturated carbocycles. The number of hydrogen-bond donors (Lipinski definition) is 2. The van der Waals surface area contributed by atoms with Gasteiger partial charge in [0.05, 0.1) is 25.5 Å². The summed E-state index contributed by atoms with van der Waals surface area (Å²) in [7, 11) is 2.17. The minimum Gasteiger partial charge on any atom is -0.488 e. The number of aliphatic hydroxyl groups is 1. The highest BCUT2D eigenvalue weighted by atomic mass is 16.5. The fraction of sp³-hybridized carbons (Fsp3) is 0.562. The number of fused-ring (bicyclic) bond motifs is 1. The highest BCUT2D eigenvalue weighted by Gasteiger charge is 2.31. The molecule has 1 heterocycles. The van der Waals surface area contributed by atoms with Gasteiger partial charge in [-0.1, -0.05) is 56.5 Å². The van der Waals surface area contributed by atoms with Gasteiger partial charge in [-0.05, 0) is 56.5 Å². The lowest BCUT2D eigenvalue weighted by Crippen LogP contribution is -2.48. The molecule has 2 N–H and O–H groups in total. The Bertz CT molecular complexity index is 1090. The molecule has 7 heteroatoms. The van der Waals surface area contributed by atoms with Crippen molar-refractivity contribution in [2.45, 2.75) is 70.9 Å². The van der Waals surface area contributed by atoms with Crippen LogP contribution >= 0.6 is 0 Å². The molecule has 1 aliphatic carbocycles. The Kier molecular flexibility index (Phi) is 10.4. The summed E-state index contributed by atoms with van der Waals surface area (Å²) in [5.41, 5.74) is 2.34. The lowest BCUT2D eigenvalue weighted by Gasteiger charge is -2.35. The van der Waals surface area contributed by atoms with Crippen LogP contribution in [-0.2, 0) is 22.4 Å². The summed E-state index contributed by atoms with van der Waals surface area (Å²) < 4.78 is 6.66. The van der Waals surface area contributed by atoms with Crippen LogP contribution in [0.2, 0.25) is 0 Å². The minimum absolute atomic E-state index is 0.0442. The number of carbonyl (C=O) groups excluding carboxylic acids is 2. The predicted octanol–water partition coefficient (Wildman–Crippen LogP) is 4.53. The largest absolute Gasteiger partial charge is 0.488 e. The molecule has 0 aromatic heterocycles. The van der Waals surface area contributed by atoms with Crippen molar-refractivity contribution in [3.05, 3.63) is 59.7 Å². The van der Waals surface area contributed by atoms with Crippen molar-refractivity contribution in [1.82, 2.24) is 9.80 Å². The summed E-state index contributed by atoms with van der Waals surface area (Å²) in [4.78, 5) is 30.3. The Balaban J connectivity index is 1.53. The van der Waals surface area contributed by atoms with Gasteiger partial charge < -0.3 is 25.0 Å². The number of benzene rings is 2. The molecule has 1 aliphatic heterocycles. The summed E-state index contributed by atoms with van der Waals surface area (Å²) in [5.74, 6) is 1.34. The van der Waals surface area contributed by atoms with Crippen LogP contribution in [0.15, 0.2) is 48.5 Å². The van der Waals surface area contributed by atoms with Gasteiger partial charge in [0.15, 0.2) is 0 Å². The van der Waals surface area contributed by atoms with Crippen LogP contribution in [0, 0.1) is 11.8 Å². The van der Waals surface area contributed by atoms with E-state index >= 15 is 0 Å². The third-order valence-electron chi connectivity index (χ3n) is 8.19. The molecule has 3 atom stereocenters. The topological polar surface area (TPSA) is 82.1 Å². The lowest BCUT2D eigenvalue weighted by molar-refractivity contribution is -0.134. The van der Waals surface area contributed by atoms with Gasteiger partial charge in [0.25, 0.3) is 0 Å². The average molecular weight is 536 g/mol. The van der Waals surface area contributed by atoms with Gasteiger partial charge in [0.2, 0.25) is 11.8 Å². The van der Waals surface area contributed by atoms with Gasteiger partial charge in [-0.3, -0.25) is 9.59 Å². The summed E-state index contributed by atoms with van der Waals surface area (Å²) in [6.45, 7) is 6.27. The average Bonchev–Trinajstić information content (AvgIpc) is 2.97. The standard InChI is InChI=1S/C32H45N3O4/c1-23-19-35(24(2)22-36)32(38)18-27-17-28(33-31(37)16-25-10-6-4-7-11-25)14-15-29(27)39-30(23)21-34(3)20-26-12-8-5-9-13-26/h4,6-7,10-11,14-15,17,23-24,26,30,36H,5,8-9,12-13,16,18-22H2,1-3H3,(H,33,37)/t23-,24-,30+/m0/s1. The number of nitrogens with zero attached hydrogens (tertiary/aromatic N) is 2. The molecule has 0 saturated heterocycles. The maximum atomic E-state index is 13.5. The molecular weight excluding hydrogens is 490 g/mol. The maximum absolute atomic E-state index is 13.5. The van der Waals surface area contributed by atoms with E-state index in [0.717, 1.165) is 30.1 Å². The van der Waals surface area contributed by atoms with Gasteiger partial charge in [-0.25, -0.2) is 0 Å². The number of carbonyl (C=O) groups is 2. The molecule has 0 unspecified atom stereocenters. The van der Waals surface area contributed by atoms with Gasteiger partial charge >= 0.3 is 0 Å². The third kappa shape index (κ3) is 8.29. The van der Waals surface area contributed by atoms with Crippen molar-refractivity contribution in [3.63, 3.8) is 0 Å². The van der Waals surface area contributed by atoms with E-state index in [-0.39, 0.29) is 49.3 Å². The monoisotopic (exact) mass is 535 g/mol. The van der Waals surface area contributed by atoms with Crippen LogP contribution in [0.25, 0.3) is 0 Å². The molecule has 7 nitrogen and oxygen atoms in total. The number of likely N-dealkylation sites (N-methyl/N-ethyl adjacent to an activating group) is 1. The summed E-state index contributed by atoms with van der Waals surface area (Å²) in [6, 6.07) is 14.9. The number of ether oxygens (including phenoxy) is 1. The molecule has 4 rings (SSSR count). The van der Waals surface area contributed by atoms with Crippen molar-refractivity contribution >= 4 is 17.5 Å². The summed E-state index contributed by atoms with van der Waals surface area (Å²) >= 11 is 0. The Morgan fingerprint density at radius 1 is 1.13 bits per heavy atom. The van der Waals surface area contributed by atoms with E-state index in [1.807, 2.05) is 55.5 Å². The molecule has 2 aromatic carbocycles. The molecule has 0 spiro atoms. The number of amides is 2. The Morgan fingerprint density at radius 2 is 1.87 bits per heavy atom. The number of rotatable bonds is 9. The van der Waals surface area contributed by atoms with Crippen LogP contribution in [-0.4, -0.2) is 72.2 Å². The molecule has 2 amide bonds. The smallest absolute Gasteiger partial charge is 0.228 e. The summed E-state index contributed by atoms with van der Waals surface area (Å²) in [6.07, 6.45) is 6.90. The van der Waals surface area contributed by atoms with E-state index in [9.17, 15) is 14.7 Å². The predicted molar refractivity (Wildman–Crippen MR) is 155 cm³/mol. The van der Waals surface area contributed by atoms with E-state index < -0.39 is 0 Å². The molecule has 2 aromatic rings. The van der Waals surface area contributed by atoms with E-state index in [1.165, 1.54) is 32.1 Å². The van der Waals surface area contributed by atoms with Crippen molar-refractivity contribution in [1.29, 1.82) is 0 Å². The first-order valence-electron chi connectivity index (χ1n) is 14.5. The zero-order chi connectivity index (χ0) is 27.8. The van der Waals surface area contributed by atoms with Crippen LogP contribution in [0.1, 0.15) is 57.1 Å². The highest BCUT2D eigenvalue weighted by molar-refractivity contribution is 5.92. The number of anilines is 1. The number of aliphatic hydroxyl groups excluding tert-OH is 1. The highest BCUT2D eigenvalue weighted by Crippen LogP contribution is 2.30. The molecule has 2 aliphatic rings. The zero-order valence-corrected chi connectivity index (χ0v) is 23.8. The van der Waals surface area contributed by atoms with Crippen molar-refractivity contribution in [2.24, 2.45) is 11.8 Å². The Labute approximate surface area is 233 Å². The molecule has 212 valence electrons. The van der Waals surface area contributed by atoms with Crippen LogP contribution in [0.4, 0.5) is 5.69 Å². The first-order chi connectivity index (χ1) is 18.8. The van der Waals surface area contributed by atoms with Crippen molar-refractivity contribution in [3.8, 4) is 5.75 Å². The van der Waals surface area contributed by atoms with Crippen molar-refractivity contribution in [2.75, 3.05) is 38.6 Å². The first kappa shape index (κ1) is 29.1. The van der Waals surface area contributed by atoms with Crippen LogP contribution in [0.3, 0.4) is 0 Å². The van der Waals surface area contributed by atoms with E-state index in [2.05, 4.69) is 24.2 Å². The zero-order valence-electron chi connectivity index (χ0n) is 23.8. The molecule has 1 fully saturated rings.